The van der Waals surface area contributed by atoms with Gasteiger partial charge in [-0.2, -0.15) is 0 Å². The Balaban J connectivity index is 1.82. The highest BCUT2D eigenvalue weighted by Crippen LogP contribution is 2.56. The molecule has 1 saturated heterocycles. The van der Waals surface area contributed by atoms with Crippen LogP contribution in [0, 0.1) is 11.8 Å². The molecule has 0 aromatic heterocycles. The van der Waals surface area contributed by atoms with Crippen molar-refractivity contribution in [1.29, 1.82) is 0 Å². The summed E-state index contributed by atoms with van der Waals surface area (Å²) in [5, 5.41) is 15.1. The molecule has 170 valence electrons. The van der Waals surface area contributed by atoms with E-state index >= 15 is 0 Å². The largest absolute Gasteiger partial charge is 0.394 e. The third kappa shape index (κ3) is 4.32. The molecule has 0 saturated carbocycles. The molecule has 1 aromatic carbocycles. The van der Waals surface area contributed by atoms with Gasteiger partial charge in [0.15, 0.2) is 0 Å². The predicted octanol–water partition coefficient (Wildman–Crippen LogP) is 2.31. The molecule has 3 rings (SSSR count). The van der Waals surface area contributed by atoms with Gasteiger partial charge in [-0.05, 0) is 37.3 Å². The van der Waals surface area contributed by atoms with Crippen molar-refractivity contribution in [3.05, 3.63) is 35.4 Å². The Morgan fingerprint density at radius 2 is 1.77 bits per heavy atom. The maximum absolute atomic E-state index is 13.5. The van der Waals surface area contributed by atoms with E-state index in [1.54, 1.807) is 22.7 Å². The molecular formula is C23H33N3O4S. The number of hydrogen-bond donors (Lipinski definition) is 3. The van der Waals surface area contributed by atoms with Crippen LogP contribution in [-0.2, 0) is 9.59 Å². The molecule has 3 N–H and O–H groups in total. The van der Waals surface area contributed by atoms with E-state index in [0.29, 0.717) is 5.56 Å². The summed E-state index contributed by atoms with van der Waals surface area (Å²) in [5.41, 5.74) is 1.57. The van der Waals surface area contributed by atoms with Crippen molar-refractivity contribution in [1.82, 2.24) is 15.5 Å². The molecule has 0 spiro atoms. The number of carbonyl (C=O) groups is 3. The van der Waals surface area contributed by atoms with Gasteiger partial charge in [-0.25, -0.2) is 0 Å². The quantitative estimate of drug-likeness (QED) is 0.596. The summed E-state index contributed by atoms with van der Waals surface area (Å²) >= 11 is 1.59. The van der Waals surface area contributed by atoms with Crippen LogP contribution in [0.5, 0.6) is 0 Å². The minimum Gasteiger partial charge on any atom is -0.394 e. The summed E-state index contributed by atoms with van der Waals surface area (Å²) in [4.78, 5) is 41.2. The second kappa shape index (κ2) is 8.82. The number of amides is 3. The normalized spacial score (nSPS) is 23.5. The van der Waals surface area contributed by atoms with Gasteiger partial charge in [-0.3, -0.25) is 14.4 Å². The number of hydrogen-bond acceptors (Lipinski definition) is 5. The summed E-state index contributed by atoms with van der Waals surface area (Å²) < 4.78 is -0.512. The van der Waals surface area contributed by atoms with E-state index in [-0.39, 0.29) is 47.6 Å². The lowest BCUT2D eigenvalue weighted by molar-refractivity contribution is -0.133. The number of aliphatic hydroxyl groups is 1. The maximum atomic E-state index is 13.5. The zero-order valence-electron chi connectivity index (χ0n) is 19.0. The predicted molar refractivity (Wildman–Crippen MR) is 121 cm³/mol. The lowest BCUT2D eigenvalue weighted by Crippen LogP contribution is -2.59. The summed E-state index contributed by atoms with van der Waals surface area (Å²) in [6, 6.07) is 5.62. The lowest BCUT2D eigenvalue weighted by atomic mass is 9.97. The average molecular weight is 448 g/mol. The number of aliphatic hydroxyl groups excluding tert-OH is 1. The third-order valence-corrected chi connectivity index (χ3v) is 7.66. The number of nitrogens with zero attached hydrogens (tertiary/aromatic N) is 1. The lowest BCUT2D eigenvalue weighted by Gasteiger charge is -2.32. The van der Waals surface area contributed by atoms with Crippen LogP contribution in [0.2, 0.25) is 0 Å². The van der Waals surface area contributed by atoms with Gasteiger partial charge in [0.25, 0.3) is 5.91 Å². The van der Waals surface area contributed by atoms with Crippen molar-refractivity contribution in [3.8, 4) is 0 Å². The van der Waals surface area contributed by atoms with Gasteiger partial charge in [0.1, 0.15) is 17.5 Å². The molecule has 2 aliphatic rings. The molecule has 0 unspecified atom stereocenters. The van der Waals surface area contributed by atoms with Gasteiger partial charge in [0.05, 0.1) is 12.6 Å². The monoisotopic (exact) mass is 447 g/mol. The first-order valence-corrected chi connectivity index (χ1v) is 11.7. The van der Waals surface area contributed by atoms with Gasteiger partial charge >= 0.3 is 0 Å². The zero-order valence-corrected chi connectivity index (χ0v) is 19.8. The SMILES string of the molecule is CC(C)[C@H](NC(=O)[C@@H]1N2C(=O)c3ccccc3[C@@H]2SC1(C)C)C(=O)N[C@H](CO)C(C)C. The molecule has 7 nitrogen and oxygen atoms in total. The first-order chi connectivity index (χ1) is 14.5. The number of rotatable bonds is 7. The molecular weight excluding hydrogens is 414 g/mol. The number of carbonyl (C=O) groups excluding carboxylic acids is 3. The highest BCUT2D eigenvalue weighted by molar-refractivity contribution is 8.01. The van der Waals surface area contributed by atoms with Crippen LogP contribution in [0.15, 0.2) is 24.3 Å². The molecule has 2 aliphatic heterocycles. The Kier molecular flexibility index (Phi) is 6.72. The fraction of sp³-hybridized carbons (Fsp3) is 0.609. The zero-order chi connectivity index (χ0) is 23.1. The fourth-order valence-electron chi connectivity index (χ4n) is 4.27. The molecule has 1 fully saturated rings. The van der Waals surface area contributed by atoms with E-state index in [1.807, 2.05) is 59.7 Å². The van der Waals surface area contributed by atoms with Crippen molar-refractivity contribution >= 4 is 29.5 Å². The first-order valence-electron chi connectivity index (χ1n) is 10.8. The Labute approximate surface area is 188 Å². The van der Waals surface area contributed by atoms with E-state index in [9.17, 15) is 19.5 Å². The highest BCUT2D eigenvalue weighted by Gasteiger charge is 2.57. The van der Waals surface area contributed by atoms with Gasteiger partial charge in [-0.15, -0.1) is 11.8 Å². The fourth-order valence-corrected chi connectivity index (χ4v) is 5.86. The second-order valence-corrected chi connectivity index (χ2v) is 11.3. The van der Waals surface area contributed by atoms with Gasteiger partial charge in [0.2, 0.25) is 11.8 Å². The topological polar surface area (TPSA) is 98.7 Å². The number of nitrogens with one attached hydrogen (secondary N) is 2. The average Bonchev–Trinajstić information content (AvgIpc) is 3.13. The standard InChI is InChI=1S/C23H33N3O4S/c1-12(2)16(11-27)24-19(28)17(13(3)4)25-20(29)18-23(5,6)31-22-15-10-8-7-9-14(15)21(30)26(18)22/h7-10,12-13,16-18,22,27H,11H2,1-6H3,(H,24,28)(H,25,29)/t16-,17+,18+,22+/m1/s1. The van der Waals surface area contributed by atoms with Crippen LogP contribution in [0.25, 0.3) is 0 Å². The Morgan fingerprint density at radius 3 is 2.35 bits per heavy atom. The van der Waals surface area contributed by atoms with Crippen LogP contribution in [0.3, 0.4) is 0 Å². The van der Waals surface area contributed by atoms with Crippen LogP contribution >= 0.6 is 11.8 Å². The Morgan fingerprint density at radius 1 is 1.13 bits per heavy atom. The van der Waals surface area contributed by atoms with Crippen molar-refractivity contribution < 1.29 is 19.5 Å². The van der Waals surface area contributed by atoms with E-state index in [4.69, 9.17) is 0 Å². The molecule has 0 bridgehead atoms. The summed E-state index contributed by atoms with van der Waals surface area (Å²) in [7, 11) is 0. The third-order valence-electron chi connectivity index (χ3n) is 6.12. The molecule has 1 aromatic rings. The van der Waals surface area contributed by atoms with E-state index in [0.717, 1.165) is 5.56 Å². The molecule has 3 amide bonds. The van der Waals surface area contributed by atoms with Crippen molar-refractivity contribution in [2.24, 2.45) is 11.8 Å². The van der Waals surface area contributed by atoms with Crippen molar-refractivity contribution in [2.75, 3.05) is 6.61 Å². The molecule has 8 heteroatoms. The number of fused-ring (bicyclic) bond motifs is 3. The van der Waals surface area contributed by atoms with Crippen LogP contribution < -0.4 is 10.6 Å². The Hall–Kier alpha value is -2.06. The molecule has 4 atom stereocenters. The second-order valence-electron chi connectivity index (χ2n) is 9.55. The minimum absolute atomic E-state index is 0.0594. The van der Waals surface area contributed by atoms with Gasteiger partial charge < -0.3 is 20.6 Å². The summed E-state index contributed by atoms with van der Waals surface area (Å²) in [6.07, 6.45) is 0. The maximum Gasteiger partial charge on any atom is 0.256 e. The number of benzene rings is 1. The van der Waals surface area contributed by atoms with Gasteiger partial charge in [0, 0.05) is 10.3 Å². The van der Waals surface area contributed by atoms with Crippen molar-refractivity contribution in [3.63, 3.8) is 0 Å². The Bertz CT molecular complexity index is 870. The van der Waals surface area contributed by atoms with Gasteiger partial charge in [-0.1, -0.05) is 45.9 Å². The van der Waals surface area contributed by atoms with Crippen LogP contribution in [-0.4, -0.2) is 57.2 Å². The summed E-state index contributed by atoms with van der Waals surface area (Å²) in [5.74, 6) is -0.907. The number of thioether (sulfide) groups is 1. The van der Waals surface area contributed by atoms with E-state index in [2.05, 4.69) is 10.6 Å². The molecule has 2 heterocycles. The first kappa shape index (κ1) is 23.6. The summed E-state index contributed by atoms with van der Waals surface area (Å²) in [6.45, 7) is 11.3. The highest BCUT2D eigenvalue weighted by atomic mass is 32.2. The van der Waals surface area contributed by atoms with Crippen molar-refractivity contribution in [2.45, 2.75) is 69.8 Å². The van der Waals surface area contributed by atoms with E-state index in [1.165, 1.54) is 0 Å². The molecule has 31 heavy (non-hydrogen) atoms. The van der Waals surface area contributed by atoms with Crippen LogP contribution in [0.1, 0.15) is 62.8 Å². The minimum atomic E-state index is -0.764. The molecule has 0 radical (unpaired) electrons. The van der Waals surface area contributed by atoms with Crippen LogP contribution in [0.4, 0.5) is 0 Å². The smallest absolute Gasteiger partial charge is 0.256 e. The molecule has 0 aliphatic carbocycles. The van der Waals surface area contributed by atoms with E-state index < -0.39 is 16.8 Å².